The van der Waals surface area contributed by atoms with Crippen LogP contribution in [-0.2, 0) is 0 Å². The Morgan fingerprint density at radius 2 is 1.93 bits per heavy atom. The Balaban J connectivity index is 2.23. The Hall–Kier alpha value is -0.300. The lowest BCUT2D eigenvalue weighted by molar-refractivity contribution is 0.248. The molecule has 1 rings (SSSR count). The number of hydrogen-bond donors (Lipinski definition) is 1. The van der Waals surface area contributed by atoms with E-state index in [2.05, 4.69) is 20.4 Å². The summed E-state index contributed by atoms with van der Waals surface area (Å²) in [6, 6.07) is 0.416. The van der Waals surface area contributed by atoms with Crippen LogP contribution in [0.3, 0.4) is 0 Å². The summed E-state index contributed by atoms with van der Waals surface area (Å²) >= 11 is 0. The molecule has 2 N–H and O–H groups in total. The summed E-state index contributed by atoms with van der Waals surface area (Å²) in [5.74, 6) is 1.71. The van der Waals surface area contributed by atoms with Crippen molar-refractivity contribution in [3.8, 4) is 0 Å². The molecule has 0 aromatic carbocycles. The summed E-state index contributed by atoms with van der Waals surface area (Å²) in [6.07, 6.45) is 7.69. The first-order valence-corrected chi connectivity index (χ1v) is 5.99. The smallest absolute Gasteiger partial charge is 0.00702 e. The maximum absolute atomic E-state index is 6.20. The minimum absolute atomic E-state index is 0.416. The van der Waals surface area contributed by atoms with Gasteiger partial charge < -0.3 is 5.73 Å². The van der Waals surface area contributed by atoms with Gasteiger partial charge >= 0.3 is 0 Å². The zero-order chi connectivity index (χ0) is 10.6. The zero-order valence-corrected chi connectivity index (χ0v) is 9.76. The Kier molecular flexibility index (Phi) is 4.67. The van der Waals surface area contributed by atoms with E-state index >= 15 is 0 Å². The average molecular weight is 195 g/mol. The standard InChI is InChI=1S/C13H25N/c1-10(2)4-9-13(14)12-7-5-11(3)6-8-12/h11-13H,1,4-9,14H2,2-3H3. The normalized spacial score (nSPS) is 29.9. The summed E-state index contributed by atoms with van der Waals surface area (Å²) in [7, 11) is 0. The summed E-state index contributed by atoms with van der Waals surface area (Å²) in [6.45, 7) is 8.38. The third-order valence-electron chi connectivity index (χ3n) is 3.57. The first kappa shape index (κ1) is 11.8. The third kappa shape index (κ3) is 3.83. The molecule has 1 aliphatic carbocycles. The first-order valence-electron chi connectivity index (χ1n) is 5.99. The highest BCUT2D eigenvalue weighted by atomic mass is 14.6. The van der Waals surface area contributed by atoms with Crippen molar-refractivity contribution < 1.29 is 0 Å². The maximum atomic E-state index is 6.20. The van der Waals surface area contributed by atoms with Crippen LogP contribution >= 0.6 is 0 Å². The second-order valence-corrected chi connectivity index (χ2v) is 5.18. The maximum Gasteiger partial charge on any atom is 0.00702 e. The van der Waals surface area contributed by atoms with E-state index in [0.29, 0.717) is 6.04 Å². The van der Waals surface area contributed by atoms with E-state index in [0.717, 1.165) is 24.7 Å². The van der Waals surface area contributed by atoms with E-state index in [9.17, 15) is 0 Å². The van der Waals surface area contributed by atoms with Gasteiger partial charge in [0, 0.05) is 6.04 Å². The lowest BCUT2D eigenvalue weighted by Crippen LogP contribution is -2.32. The molecule has 1 fully saturated rings. The van der Waals surface area contributed by atoms with E-state index in [1.807, 2.05) is 0 Å². The minimum Gasteiger partial charge on any atom is -0.327 e. The van der Waals surface area contributed by atoms with Gasteiger partial charge in [0.2, 0.25) is 0 Å². The molecule has 0 radical (unpaired) electrons. The summed E-state index contributed by atoms with van der Waals surface area (Å²) < 4.78 is 0. The molecule has 1 nitrogen and oxygen atoms in total. The molecule has 0 aromatic rings. The molecular weight excluding hydrogens is 170 g/mol. The monoisotopic (exact) mass is 195 g/mol. The largest absolute Gasteiger partial charge is 0.327 e. The fourth-order valence-corrected chi connectivity index (χ4v) is 2.36. The molecule has 1 aliphatic rings. The fourth-order valence-electron chi connectivity index (χ4n) is 2.36. The van der Waals surface area contributed by atoms with Crippen LogP contribution in [0.2, 0.25) is 0 Å². The molecule has 0 amide bonds. The number of rotatable bonds is 4. The molecule has 14 heavy (non-hydrogen) atoms. The number of nitrogens with two attached hydrogens (primary N) is 1. The second-order valence-electron chi connectivity index (χ2n) is 5.18. The molecule has 82 valence electrons. The molecule has 1 atom stereocenters. The predicted molar refractivity (Wildman–Crippen MR) is 63.1 cm³/mol. The third-order valence-corrected chi connectivity index (χ3v) is 3.57. The van der Waals surface area contributed by atoms with Gasteiger partial charge in [-0.1, -0.05) is 25.3 Å². The van der Waals surface area contributed by atoms with Gasteiger partial charge in [-0.3, -0.25) is 0 Å². The van der Waals surface area contributed by atoms with Gasteiger partial charge in [0.1, 0.15) is 0 Å². The molecule has 0 spiro atoms. The summed E-state index contributed by atoms with van der Waals surface area (Å²) in [4.78, 5) is 0. The Labute approximate surface area is 88.8 Å². The predicted octanol–water partition coefficient (Wildman–Crippen LogP) is 3.50. The van der Waals surface area contributed by atoms with Gasteiger partial charge in [-0.2, -0.15) is 0 Å². The van der Waals surface area contributed by atoms with Crippen LogP contribution in [0.5, 0.6) is 0 Å². The molecule has 1 saturated carbocycles. The molecule has 0 bridgehead atoms. The quantitative estimate of drug-likeness (QED) is 0.683. The molecule has 0 aromatic heterocycles. The fraction of sp³-hybridized carbons (Fsp3) is 0.846. The second kappa shape index (κ2) is 5.55. The van der Waals surface area contributed by atoms with E-state index in [-0.39, 0.29) is 0 Å². The van der Waals surface area contributed by atoms with E-state index in [1.54, 1.807) is 0 Å². The van der Waals surface area contributed by atoms with Crippen molar-refractivity contribution in [2.45, 2.75) is 58.4 Å². The van der Waals surface area contributed by atoms with Crippen LogP contribution in [0.4, 0.5) is 0 Å². The molecule has 0 aliphatic heterocycles. The lowest BCUT2D eigenvalue weighted by Gasteiger charge is -2.30. The summed E-state index contributed by atoms with van der Waals surface area (Å²) in [5, 5.41) is 0. The Morgan fingerprint density at radius 1 is 1.36 bits per heavy atom. The average Bonchev–Trinajstić information content (AvgIpc) is 2.15. The van der Waals surface area contributed by atoms with Crippen LogP contribution in [0.1, 0.15) is 52.4 Å². The van der Waals surface area contributed by atoms with Crippen molar-refractivity contribution in [2.75, 3.05) is 0 Å². The topological polar surface area (TPSA) is 26.0 Å². The minimum atomic E-state index is 0.416. The van der Waals surface area contributed by atoms with Crippen molar-refractivity contribution >= 4 is 0 Å². The van der Waals surface area contributed by atoms with Gasteiger partial charge in [-0.25, -0.2) is 0 Å². The van der Waals surface area contributed by atoms with Crippen molar-refractivity contribution in [3.63, 3.8) is 0 Å². The first-order chi connectivity index (χ1) is 6.59. The Bertz CT molecular complexity index is 178. The van der Waals surface area contributed by atoms with Gasteiger partial charge in [0.05, 0.1) is 0 Å². The summed E-state index contributed by atoms with van der Waals surface area (Å²) in [5.41, 5.74) is 7.47. The lowest BCUT2D eigenvalue weighted by atomic mass is 9.78. The van der Waals surface area contributed by atoms with E-state index in [1.165, 1.54) is 31.3 Å². The van der Waals surface area contributed by atoms with Crippen molar-refractivity contribution in [1.82, 2.24) is 0 Å². The van der Waals surface area contributed by atoms with Gasteiger partial charge in [0.15, 0.2) is 0 Å². The molecule has 1 unspecified atom stereocenters. The van der Waals surface area contributed by atoms with Gasteiger partial charge in [0.25, 0.3) is 0 Å². The zero-order valence-electron chi connectivity index (χ0n) is 9.76. The SMILES string of the molecule is C=C(C)CCC(N)C1CCC(C)CC1. The Morgan fingerprint density at radius 3 is 2.43 bits per heavy atom. The number of hydrogen-bond acceptors (Lipinski definition) is 1. The highest BCUT2D eigenvalue weighted by molar-refractivity contribution is 4.90. The van der Waals surface area contributed by atoms with Gasteiger partial charge in [-0.15, -0.1) is 6.58 Å². The van der Waals surface area contributed by atoms with Crippen LogP contribution < -0.4 is 5.73 Å². The van der Waals surface area contributed by atoms with Crippen LogP contribution in [0, 0.1) is 11.8 Å². The molecular formula is C13H25N. The number of allylic oxidation sites excluding steroid dienone is 1. The van der Waals surface area contributed by atoms with E-state index in [4.69, 9.17) is 5.73 Å². The van der Waals surface area contributed by atoms with Crippen molar-refractivity contribution in [1.29, 1.82) is 0 Å². The van der Waals surface area contributed by atoms with Crippen molar-refractivity contribution in [3.05, 3.63) is 12.2 Å². The molecule has 0 heterocycles. The van der Waals surface area contributed by atoms with Crippen LogP contribution in [-0.4, -0.2) is 6.04 Å². The highest BCUT2D eigenvalue weighted by Crippen LogP contribution is 2.31. The van der Waals surface area contributed by atoms with Crippen LogP contribution in [0.15, 0.2) is 12.2 Å². The van der Waals surface area contributed by atoms with E-state index < -0.39 is 0 Å². The molecule has 0 saturated heterocycles. The van der Waals surface area contributed by atoms with Gasteiger partial charge in [-0.05, 0) is 44.4 Å². The van der Waals surface area contributed by atoms with Crippen molar-refractivity contribution in [2.24, 2.45) is 17.6 Å². The van der Waals surface area contributed by atoms with Crippen LogP contribution in [0.25, 0.3) is 0 Å². The molecule has 1 heteroatoms. The highest BCUT2D eigenvalue weighted by Gasteiger charge is 2.22.